The van der Waals surface area contributed by atoms with Crippen LogP contribution in [0.4, 0.5) is 0 Å². The molecule has 2 heteroatoms. The van der Waals surface area contributed by atoms with Gasteiger partial charge in [-0.2, -0.15) is 0 Å². The lowest BCUT2D eigenvalue weighted by atomic mass is 9.79. The van der Waals surface area contributed by atoms with E-state index in [9.17, 15) is 0 Å². The van der Waals surface area contributed by atoms with E-state index in [4.69, 9.17) is 4.74 Å². The zero-order valence-electron chi connectivity index (χ0n) is 8.81. The Morgan fingerprint density at radius 1 is 1.31 bits per heavy atom. The lowest BCUT2D eigenvalue weighted by molar-refractivity contribution is -0.0544. The summed E-state index contributed by atoms with van der Waals surface area (Å²) in [6, 6.07) is 0. The summed E-state index contributed by atoms with van der Waals surface area (Å²) < 4.78 is 5.87. The molecule has 0 aromatic carbocycles. The van der Waals surface area contributed by atoms with E-state index in [1.165, 1.54) is 32.1 Å². The zero-order chi connectivity index (χ0) is 9.73. The first-order chi connectivity index (χ1) is 6.26. The molecule has 0 saturated heterocycles. The Bertz CT molecular complexity index is 139. The fourth-order valence-corrected chi connectivity index (χ4v) is 2.96. The Labute approximate surface area is 90.4 Å². The predicted molar refractivity (Wildman–Crippen MR) is 60.4 cm³/mol. The van der Waals surface area contributed by atoms with Gasteiger partial charge in [-0.25, -0.2) is 0 Å². The summed E-state index contributed by atoms with van der Waals surface area (Å²) in [6.45, 7) is 5.24. The Kier molecular flexibility index (Phi) is 4.74. The van der Waals surface area contributed by atoms with Crippen LogP contribution in [0.1, 0.15) is 46.0 Å². The molecule has 0 N–H and O–H groups in total. The molecule has 0 aromatic heterocycles. The largest absolute Gasteiger partial charge is 0.374 e. The van der Waals surface area contributed by atoms with Crippen LogP contribution in [-0.4, -0.2) is 17.5 Å². The lowest BCUT2D eigenvalue weighted by Crippen LogP contribution is -2.38. The third kappa shape index (κ3) is 2.95. The standard InChI is InChI=1S/C11H21BrO/c1-3-10-5-7-11(9-12,8-6-10)13-4-2/h10H,3-9H2,1-2H3. The molecular weight excluding hydrogens is 228 g/mol. The first kappa shape index (κ1) is 11.5. The van der Waals surface area contributed by atoms with Crippen molar-refractivity contribution in [2.75, 3.05) is 11.9 Å². The van der Waals surface area contributed by atoms with Crippen molar-refractivity contribution in [2.45, 2.75) is 51.6 Å². The number of hydrogen-bond acceptors (Lipinski definition) is 1. The van der Waals surface area contributed by atoms with E-state index in [-0.39, 0.29) is 5.60 Å². The second kappa shape index (κ2) is 5.35. The van der Waals surface area contributed by atoms with Gasteiger partial charge in [0.25, 0.3) is 0 Å². The molecule has 0 heterocycles. The SMILES string of the molecule is CCOC1(CBr)CCC(CC)CC1. The number of hydrogen-bond donors (Lipinski definition) is 0. The van der Waals surface area contributed by atoms with Gasteiger partial charge in [0, 0.05) is 11.9 Å². The highest BCUT2D eigenvalue weighted by Gasteiger charge is 2.34. The molecule has 0 aromatic rings. The number of alkyl halides is 1. The van der Waals surface area contributed by atoms with E-state index >= 15 is 0 Å². The summed E-state index contributed by atoms with van der Waals surface area (Å²) in [5.41, 5.74) is 0.167. The van der Waals surface area contributed by atoms with Gasteiger partial charge in [0.05, 0.1) is 5.60 Å². The Hall–Kier alpha value is 0.440. The van der Waals surface area contributed by atoms with Crippen LogP contribution in [-0.2, 0) is 4.74 Å². The van der Waals surface area contributed by atoms with Crippen molar-refractivity contribution in [1.29, 1.82) is 0 Å². The molecule has 0 bridgehead atoms. The van der Waals surface area contributed by atoms with Gasteiger partial charge >= 0.3 is 0 Å². The van der Waals surface area contributed by atoms with Crippen molar-refractivity contribution in [2.24, 2.45) is 5.92 Å². The molecule has 78 valence electrons. The van der Waals surface area contributed by atoms with Crippen molar-refractivity contribution >= 4 is 15.9 Å². The average molecular weight is 249 g/mol. The highest BCUT2D eigenvalue weighted by molar-refractivity contribution is 9.09. The summed E-state index contributed by atoms with van der Waals surface area (Å²) >= 11 is 3.59. The minimum atomic E-state index is 0.167. The third-order valence-electron chi connectivity index (χ3n) is 3.29. The normalized spacial score (nSPS) is 34.8. The molecule has 0 unspecified atom stereocenters. The fourth-order valence-electron chi connectivity index (χ4n) is 2.23. The van der Waals surface area contributed by atoms with Gasteiger partial charge in [-0.15, -0.1) is 0 Å². The molecule has 1 saturated carbocycles. The number of ether oxygens (including phenoxy) is 1. The fraction of sp³-hybridized carbons (Fsp3) is 1.00. The first-order valence-corrected chi connectivity index (χ1v) is 6.58. The summed E-state index contributed by atoms with van der Waals surface area (Å²) in [4.78, 5) is 0. The second-order valence-electron chi connectivity index (χ2n) is 4.10. The van der Waals surface area contributed by atoms with Crippen LogP contribution < -0.4 is 0 Å². The van der Waals surface area contributed by atoms with E-state index in [0.717, 1.165) is 17.9 Å². The maximum atomic E-state index is 5.87. The average Bonchev–Trinajstić information content (AvgIpc) is 2.19. The van der Waals surface area contributed by atoms with Crippen molar-refractivity contribution in [3.8, 4) is 0 Å². The van der Waals surface area contributed by atoms with Crippen LogP contribution >= 0.6 is 15.9 Å². The highest BCUT2D eigenvalue weighted by Crippen LogP contribution is 2.37. The van der Waals surface area contributed by atoms with Crippen molar-refractivity contribution in [3.05, 3.63) is 0 Å². The molecule has 0 aliphatic heterocycles. The van der Waals surface area contributed by atoms with Crippen LogP contribution in [0.5, 0.6) is 0 Å². The molecule has 0 atom stereocenters. The third-order valence-corrected chi connectivity index (χ3v) is 4.31. The topological polar surface area (TPSA) is 9.23 Å². The second-order valence-corrected chi connectivity index (χ2v) is 4.66. The molecule has 0 spiro atoms. The summed E-state index contributed by atoms with van der Waals surface area (Å²) in [5.74, 6) is 0.952. The summed E-state index contributed by atoms with van der Waals surface area (Å²) in [5, 5.41) is 1.00. The van der Waals surface area contributed by atoms with Crippen LogP contribution in [0.3, 0.4) is 0 Å². The van der Waals surface area contributed by atoms with Gasteiger partial charge in [-0.1, -0.05) is 29.3 Å². The van der Waals surface area contributed by atoms with Gasteiger partial charge < -0.3 is 4.74 Å². The Morgan fingerprint density at radius 3 is 2.31 bits per heavy atom. The molecule has 13 heavy (non-hydrogen) atoms. The van der Waals surface area contributed by atoms with Crippen molar-refractivity contribution in [1.82, 2.24) is 0 Å². The molecule has 1 aliphatic carbocycles. The van der Waals surface area contributed by atoms with Crippen LogP contribution in [0, 0.1) is 5.92 Å². The van der Waals surface area contributed by atoms with Gasteiger partial charge in [-0.3, -0.25) is 0 Å². The minimum Gasteiger partial charge on any atom is -0.374 e. The monoisotopic (exact) mass is 248 g/mol. The van der Waals surface area contributed by atoms with E-state index in [2.05, 4.69) is 29.8 Å². The molecule has 0 amide bonds. The van der Waals surface area contributed by atoms with Crippen LogP contribution in [0.15, 0.2) is 0 Å². The minimum absolute atomic E-state index is 0.167. The van der Waals surface area contributed by atoms with Gasteiger partial charge in [-0.05, 0) is 38.5 Å². The van der Waals surface area contributed by atoms with E-state index in [1.807, 2.05) is 0 Å². The molecule has 1 aliphatic rings. The maximum Gasteiger partial charge on any atom is 0.0778 e. The predicted octanol–water partition coefficient (Wildman–Crippen LogP) is 3.76. The Balaban J connectivity index is 2.42. The van der Waals surface area contributed by atoms with E-state index < -0.39 is 0 Å². The summed E-state index contributed by atoms with van der Waals surface area (Å²) in [6.07, 6.45) is 6.52. The van der Waals surface area contributed by atoms with Crippen molar-refractivity contribution < 1.29 is 4.74 Å². The number of halogens is 1. The lowest BCUT2D eigenvalue weighted by Gasteiger charge is -2.38. The quantitative estimate of drug-likeness (QED) is 0.689. The van der Waals surface area contributed by atoms with Crippen LogP contribution in [0.2, 0.25) is 0 Å². The van der Waals surface area contributed by atoms with E-state index in [1.54, 1.807) is 0 Å². The molecule has 0 radical (unpaired) electrons. The van der Waals surface area contributed by atoms with Crippen LogP contribution in [0.25, 0.3) is 0 Å². The summed E-state index contributed by atoms with van der Waals surface area (Å²) in [7, 11) is 0. The van der Waals surface area contributed by atoms with Gasteiger partial charge in [0.15, 0.2) is 0 Å². The number of rotatable bonds is 4. The zero-order valence-corrected chi connectivity index (χ0v) is 10.4. The highest BCUT2D eigenvalue weighted by atomic mass is 79.9. The van der Waals surface area contributed by atoms with Gasteiger partial charge in [0.1, 0.15) is 0 Å². The van der Waals surface area contributed by atoms with Crippen molar-refractivity contribution in [3.63, 3.8) is 0 Å². The molecular formula is C11H21BrO. The first-order valence-electron chi connectivity index (χ1n) is 5.46. The molecule has 1 nitrogen and oxygen atoms in total. The Morgan fingerprint density at radius 2 is 1.92 bits per heavy atom. The molecule has 1 rings (SSSR count). The molecule has 1 fully saturated rings. The maximum absolute atomic E-state index is 5.87. The van der Waals surface area contributed by atoms with Gasteiger partial charge in [0.2, 0.25) is 0 Å². The van der Waals surface area contributed by atoms with E-state index in [0.29, 0.717) is 0 Å². The smallest absolute Gasteiger partial charge is 0.0778 e.